The molecule has 2 aromatic rings. The van der Waals surface area contributed by atoms with Gasteiger partial charge in [-0.05, 0) is 66.4 Å². The van der Waals surface area contributed by atoms with Gasteiger partial charge in [0, 0.05) is 44.4 Å². The summed E-state index contributed by atoms with van der Waals surface area (Å²) < 4.78 is 12.7. The van der Waals surface area contributed by atoms with Gasteiger partial charge in [0.25, 0.3) is 0 Å². The number of carbonyl (C=O) groups is 2. The van der Waals surface area contributed by atoms with E-state index < -0.39 is 17.3 Å². The molecular weight excluding hydrogens is 457 g/mol. The molecule has 0 saturated carbocycles. The second-order valence-corrected chi connectivity index (χ2v) is 9.74. The molecule has 3 rings (SSSR count). The Balaban J connectivity index is 0.00000320. The largest absolute Gasteiger partial charge is 0.444 e. The van der Waals surface area contributed by atoms with Crippen LogP contribution in [0.4, 0.5) is 9.59 Å². The Bertz CT molecular complexity index is 951. The SMILES string of the molecule is Cc1[c-]cc2c(c1)c1c(n2C(=O)OC(C)(C)C)CCC(NC(=O)OC(C)(C)C)C1.[Y]. The summed E-state index contributed by atoms with van der Waals surface area (Å²) in [5.41, 5.74) is 2.72. The Hall–Kier alpha value is -1.40. The summed E-state index contributed by atoms with van der Waals surface area (Å²) in [5.74, 6) is 0. The number of benzene rings is 1. The van der Waals surface area contributed by atoms with Crippen molar-refractivity contribution in [1.82, 2.24) is 9.88 Å². The van der Waals surface area contributed by atoms with Crippen LogP contribution in [-0.2, 0) is 55.0 Å². The molecule has 1 aliphatic rings. The molecule has 30 heavy (non-hydrogen) atoms. The van der Waals surface area contributed by atoms with Crippen LogP contribution in [0.2, 0.25) is 0 Å². The van der Waals surface area contributed by atoms with E-state index in [1.54, 1.807) is 4.57 Å². The number of hydrogen-bond acceptors (Lipinski definition) is 4. The summed E-state index contributed by atoms with van der Waals surface area (Å²) in [4.78, 5) is 25.2. The molecule has 0 spiro atoms. The number of nitrogens with one attached hydrogen (secondary N) is 1. The van der Waals surface area contributed by atoms with Crippen molar-refractivity contribution in [2.75, 3.05) is 0 Å². The molecule has 1 atom stereocenters. The van der Waals surface area contributed by atoms with Gasteiger partial charge in [-0.15, -0.1) is 5.39 Å². The van der Waals surface area contributed by atoms with Crippen LogP contribution in [-0.4, -0.2) is 34.0 Å². The van der Waals surface area contributed by atoms with Crippen molar-refractivity contribution in [1.29, 1.82) is 0 Å². The molecule has 1 heterocycles. The van der Waals surface area contributed by atoms with Gasteiger partial charge in [-0.1, -0.05) is 12.4 Å². The Morgan fingerprint density at radius 3 is 2.37 bits per heavy atom. The molecule has 1 N–H and O–H groups in total. The van der Waals surface area contributed by atoms with Crippen molar-refractivity contribution in [2.45, 2.75) is 85.0 Å². The number of hydrogen-bond donors (Lipinski definition) is 1. The van der Waals surface area contributed by atoms with E-state index >= 15 is 0 Å². The van der Waals surface area contributed by atoms with E-state index in [4.69, 9.17) is 9.47 Å². The Labute approximate surface area is 203 Å². The zero-order valence-corrected chi connectivity index (χ0v) is 21.8. The zero-order valence-electron chi connectivity index (χ0n) is 19.0. The molecule has 0 fully saturated rings. The van der Waals surface area contributed by atoms with Crippen molar-refractivity contribution in [3.8, 4) is 0 Å². The third-order valence-electron chi connectivity index (χ3n) is 4.73. The number of amides is 1. The van der Waals surface area contributed by atoms with Crippen LogP contribution in [0.1, 0.15) is 64.8 Å². The number of fused-ring (bicyclic) bond motifs is 3. The number of alkyl carbamates (subject to hydrolysis) is 1. The maximum absolute atomic E-state index is 12.9. The predicted octanol–water partition coefficient (Wildman–Crippen LogP) is 4.91. The normalized spacial score (nSPS) is 16.4. The summed E-state index contributed by atoms with van der Waals surface area (Å²) >= 11 is 0. The van der Waals surface area contributed by atoms with Gasteiger partial charge < -0.3 is 19.4 Å². The fourth-order valence-corrected chi connectivity index (χ4v) is 3.72. The molecule has 1 aromatic heterocycles. The van der Waals surface area contributed by atoms with Crippen molar-refractivity contribution in [3.05, 3.63) is 35.0 Å². The first-order valence-corrected chi connectivity index (χ1v) is 10.1. The number of rotatable bonds is 1. The fourth-order valence-electron chi connectivity index (χ4n) is 3.72. The third-order valence-corrected chi connectivity index (χ3v) is 4.73. The molecule has 0 aliphatic heterocycles. The second kappa shape index (κ2) is 9.00. The van der Waals surface area contributed by atoms with Gasteiger partial charge in [0.15, 0.2) is 0 Å². The topological polar surface area (TPSA) is 69.6 Å². The fraction of sp³-hybridized carbons (Fsp3) is 0.565. The molecule has 1 aliphatic carbocycles. The average molecular weight is 488 g/mol. The summed E-state index contributed by atoms with van der Waals surface area (Å²) in [7, 11) is 0. The number of ether oxygens (including phenoxy) is 2. The maximum Gasteiger partial charge on any atom is 0.407 e. The standard InChI is InChI=1S/C23H31N2O4.Y/c1-14-8-10-18-16(12-14)17-13-15(24-20(26)28-22(2,3)4)9-11-19(17)25(18)21(27)29-23(5,6)7;/h10,12,15H,9,11,13H2,1-7H3,(H,24,26);/q-1;. The first-order valence-electron chi connectivity index (χ1n) is 10.1. The van der Waals surface area contributed by atoms with E-state index in [2.05, 4.69) is 11.4 Å². The van der Waals surface area contributed by atoms with Crippen molar-refractivity contribution in [3.63, 3.8) is 0 Å². The number of nitrogens with zero attached hydrogens (tertiary/aromatic N) is 1. The molecule has 1 aromatic carbocycles. The van der Waals surface area contributed by atoms with Gasteiger partial charge in [-0.3, -0.25) is 0 Å². The first kappa shape index (κ1) is 24.9. The minimum absolute atomic E-state index is 0. The quantitative estimate of drug-likeness (QED) is 0.579. The van der Waals surface area contributed by atoms with Crippen LogP contribution in [0.25, 0.3) is 10.9 Å². The van der Waals surface area contributed by atoms with Gasteiger partial charge in [0.05, 0.1) is 0 Å². The molecule has 0 saturated heterocycles. The number of aryl methyl sites for hydroxylation is 1. The number of carbonyl (C=O) groups excluding carboxylic acids is 2. The smallest absolute Gasteiger partial charge is 0.407 e. The van der Waals surface area contributed by atoms with E-state index in [1.807, 2.05) is 60.6 Å². The van der Waals surface area contributed by atoms with E-state index in [9.17, 15) is 9.59 Å². The molecule has 1 amide bonds. The minimum atomic E-state index is -0.579. The van der Waals surface area contributed by atoms with Gasteiger partial charge in [0.1, 0.15) is 11.2 Å². The Kier molecular flexibility index (Phi) is 7.46. The van der Waals surface area contributed by atoms with Crippen LogP contribution >= 0.6 is 0 Å². The summed E-state index contributed by atoms with van der Waals surface area (Å²) in [5, 5.41) is 3.99. The van der Waals surface area contributed by atoms with E-state index in [0.717, 1.165) is 34.1 Å². The third kappa shape index (κ3) is 5.85. The molecular formula is C23H31N2O4Y-. The molecule has 1 radical (unpaired) electrons. The van der Waals surface area contributed by atoms with Crippen LogP contribution in [0.5, 0.6) is 0 Å². The van der Waals surface area contributed by atoms with Gasteiger partial charge in [-0.25, -0.2) is 9.59 Å². The van der Waals surface area contributed by atoms with Crippen molar-refractivity contribution < 1.29 is 51.8 Å². The van der Waals surface area contributed by atoms with Crippen LogP contribution in [0.15, 0.2) is 12.1 Å². The van der Waals surface area contributed by atoms with Gasteiger partial charge in [0.2, 0.25) is 0 Å². The molecule has 6 nitrogen and oxygen atoms in total. The van der Waals surface area contributed by atoms with E-state index in [0.29, 0.717) is 12.8 Å². The molecule has 0 bridgehead atoms. The first-order chi connectivity index (χ1) is 13.3. The van der Waals surface area contributed by atoms with Crippen LogP contribution < -0.4 is 5.32 Å². The van der Waals surface area contributed by atoms with Crippen LogP contribution in [0, 0.1) is 13.0 Å². The van der Waals surface area contributed by atoms with Crippen molar-refractivity contribution in [2.24, 2.45) is 0 Å². The van der Waals surface area contributed by atoms with Crippen LogP contribution in [0.3, 0.4) is 0 Å². The van der Waals surface area contributed by atoms with E-state index in [1.165, 1.54) is 0 Å². The average Bonchev–Trinajstić information content (AvgIpc) is 2.84. The Morgan fingerprint density at radius 2 is 1.77 bits per heavy atom. The zero-order chi connectivity index (χ0) is 21.6. The Morgan fingerprint density at radius 1 is 1.13 bits per heavy atom. The number of aromatic nitrogens is 1. The summed E-state index contributed by atoms with van der Waals surface area (Å²) in [6, 6.07) is 7.05. The molecule has 1 unspecified atom stereocenters. The van der Waals surface area contributed by atoms with Gasteiger partial charge in [-0.2, -0.15) is 23.8 Å². The second-order valence-electron chi connectivity index (χ2n) is 9.74. The maximum atomic E-state index is 12.9. The molecule has 7 heteroatoms. The summed E-state index contributed by atoms with van der Waals surface area (Å²) in [6.45, 7) is 13.1. The van der Waals surface area contributed by atoms with E-state index in [-0.39, 0.29) is 44.8 Å². The predicted molar refractivity (Wildman–Crippen MR) is 112 cm³/mol. The van der Waals surface area contributed by atoms with Crippen molar-refractivity contribution >= 4 is 23.1 Å². The monoisotopic (exact) mass is 488 g/mol. The summed E-state index contributed by atoms with van der Waals surface area (Å²) in [6.07, 6.45) is 1.26. The van der Waals surface area contributed by atoms with Gasteiger partial charge >= 0.3 is 12.2 Å². The minimum Gasteiger partial charge on any atom is -0.444 e. The molecule has 161 valence electrons.